The summed E-state index contributed by atoms with van der Waals surface area (Å²) in [7, 11) is 0. The van der Waals surface area contributed by atoms with Gasteiger partial charge in [0.05, 0.1) is 16.8 Å². The van der Waals surface area contributed by atoms with Crippen molar-refractivity contribution in [3.05, 3.63) is 29.0 Å². The summed E-state index contributed by atoms with van der Waals surface area (Å²) in [5, 5.41) is 0.645. The maximum atomic E-state index is 5.81. The number of nitrogens with one attached hydrogen (secondary N) is 1. The lowest BCUT2D eigenvalue weighted by Crippen LogP contribution is -2.36. The molecule has 0 bridgehead atoms. The van der Waals surface area contributed by atoms with Crippen LogP contribution in [0.15, 0.2) is 18.3 Å². The quantitative estimate of drug-likeness (QED) is 0.624. The van der Waals surface area contributed by atoms with Gasteiger partial charge in [0.2, 0.25) is 0 Å². The molecule has 3 N–H and O–H groups in total. The summed E-state index contributed by atoms with van der Waals surface area (Å²) in [5.74, 6) is 6.09. The van der Waals surface area contributed by atoms with Crippen LogP contribution >= 0.6 is 11.6 Å². The molecule has 1 fully saturated rings. The Morgan fingerprint density at radius 3 is 2.75 bits per heavy atom. The highest BCUT2D eigenvalue weighted by Crippen LogP contribution is 2.28. The summed E-state index contributed by atoms with van der Waals surface area (Å²) in [5.41, 5.74) is 3.79. The van der Waals surface area contributed by atoms with E-state index < -0.39 is 0 Å². The van der Waals surface area contributed by atoms with Crippen molar-refractivity contribution >= 4 is 11.6 Å². The molecule has 1 aromatic rings. The van der Waals surface area contributed by atoms with Crippen molar-refractivity contribution in [2.45, 2.75) is 18.9 Å². The highest BCUT2D eigenvalue weighted by atomic mass is 35.5. The number of aromatic nitrogens is 1. The lowest BCUT2D eigenvalue weighted by Gasteiger charge is -2.29. The fraction of sp³-hybridized carbons (Fsp3) is 0.545. The summed E-state index contributed by atoms with van der Waals surface area (Å²) in [6, 6.07) is 3.84. The molecule has 1 atom stereocenters. The molecule has 1 saturated heterocycles. The second-order valence-corrected chi connectivity index (χ2v) is 4.43. The van der Waals surface area contributed by atoms with Crippen molar-refractivity contribution in [1.82, 2.24) is 10.4 Å². The molecule has 0 aromatic carbocycles. The third-order valence-corrected chi connectivity index (χ3v) is 3.21. The van der Waals surface area contributed by atoms with E-state index in [-0.39, 0.29) is 6.04 Å². The van der Waals surface area contributed by atoms with Crippen LogP contribution < -0.4 is 11.3 Å². The number of rotatable bonds is 3. The number of hydrazine groups is 1. The number of nitrogens with two attached hydrogens (primary N) is 1. The molecule has 1 aliphatic heterocycles. The topological polar surface area (TPSA) is 60.2 Å². The first-order valence-corrected chi connectivity index (χ1v) is 5.84. The lowest BCUT2D eigenvalue weighted by molar-refractivity contribution is 0.0531. The van der Waals surface area contributed by atoms with Crippen LogP contribution in [0.4, 0.5) is 0 Å². The van der Waals surface area contributed by atoms with E-state index in [1.54, 1.807) is 6.20 Å². The van der Waals surface area contributed by atoms with Crippen LogP contribution in [0.5, 0.6) is 0 Å². The predicted molar refractivity (Wildman–Crippen MR) is 62.9 cm³/mol. The largest absolute Gasteiger partial charge is 0.381 e. The first-order valence-electron chi connectivity index (χ1n) is 5.46. The average molecular weight is 242 g/mol. The van der Waals surface area contributed by atoms with Gasteiger partial charge in [0.1, 0.15) is 0 Å². The third kappa shape index (κ3) is 2.71. The predicted octanol–water partition coefficient (Wildman–Crippen LogP) is 1.67. The highest BCUT2D eigenvalue weighted by Gasteiger charge is 2.25. The van der Waals surface area contributed by atoms with Gasteiger partial charge in [0, 0.05) is 19.4 Å². The molecule has 0 radical (unpaired) electrons. The monoisotopic (exact) mass is 241 g/mol. The number of hydrogen-bond acceptors (Lipinski definition) is 4. The molecular weight excluding hydrogens is 226 g/mol. The fourth-order valence-corrected chi connectivity index (χ4v) is 2.20. The number of nitrogens with zero attached hydrogens (tertiary/aromatic N) is 1. The van der Waals surface area contributed by atoms with Crippen LogP contribution in [-0.4, -0.2) is 18.2 Å². The molecule has 88 valence electrons. The Kier molecular flexibility index (Phi) is 4.12. The fourth-order valence-electron chi connectivity index (χ4n) is 2.08. The maximum absolute atomic E-state index is 5.81. The van der Waals surface area contributed by atoms with E-state index >= 15 is 0 Å². The second kappa shape index (κ2) is 5.59. The number of halogens is 1. The van der Waals surface area contributed by atoms with Gasteiger partial charge in [0.15, 0.2) is 0 Å². The Bertz CT molecular complexity index is 325. The van der Waals surface area contributed by atoms with E-state index in [1.807, 2.05) is 12.1 Å². The van der Waals surface area contributed by atoms with E-state index in [1.165, 1.54) is 0 Å². The minimum absolute atomic E-state index is 0.0844. The molecule has 0 spiro atoms. The smallest absolute Gasteiger partial charge is 0.0661 e. The van der Waals surface area contributed by atoms with Gasteiger partial charge in [0.25, 0.3) is 0 Å². The number of ether oxygens (including phenoxy) is 1. The van der Waals surface area contributed by atoms with Crippen LogP contribution in [0.25, 0.3) is 0 Å². The van der Waals surface area contributed by atoms with Crippen molar-refractivity contribution in [1.29, 1.82) is 0 Å². The molecule has 1 unspecified atom stereocenters. The normalized spacial score (nSPS) is 19.6. The summed E-state index contributed by atoms with van der Waals surface area (Å²) in [6.07, 6.45) is 3.68. The Hall–Kier alpha value is -0.680. The molecule has 0 saturated carbocycles. The Morgan fingerprint density at radius 2 is 2.19 bits per heavy atom. The van der Waals surface area contributed by atoms with Gasteiger partial charge in [-0.15, -0.1) is 0 Å². The zero-order valence-electron chi connectivity index (χ0n) is 9.03. The molecule has 16 heavy (non-hydrogen) atoms. The first kappa shape index (κ1) is 11.8. The van der Waals surface area contributed by atoms with E-state index in [4.69, 9.17) is 22.2 Å². The summed E-state index contributed by atoms with van der Waals surface area (Å²) >= 11 is 5.81. The number of pyridine rings is 1. The molecule has 4 nitrogen and oxygen atoms in total. The van der Waals surface area contributed by atoms with E-state index in [9.17, 15) is 0 Å². The van der Waals surface area contributed by atoms with Gasteiger partial charge in [-0.1, -0.05) is 11.6 Å². The second-order valence-electron chi connectivity index (χ2n) is 4.00. The maximum Gasteiger partial charge on any atom is 0.0661 e. The van der Waals surface area contributed by atoms with Crippen LogP contribution in [0, 0.1) is 5.92 Å². The SMILES string of the molecule is NNC(c1ccc(Cl)cn1)C1CCOCC1. The summed E-state index contributed by atoms with van der Waals surface area (Å²) in [4.78, 5) is 4.31. The van der Waals surface area contributed by atoms with Gasteiger partial charge in [-0.3, -0.25) is 16.3 Å². The Morgan fingerprint density at radius 1 is 1.44 bits per heavy atom. The molecular formula is C11H16ClN3O. The zero-order valence-corrected chi connectivity index (χ0v) is 9.78. The third-order valence-electron chi connectivity index (χ3n) is 2.99. The van der Waals surface area contributed by atoms with Crippen molar-refractivity contribution in [2.24, 2.45) is 11.8 Å². The van der Waals surface area contributed by atoms with Crippen molar-refractivity contribution < 1.29 is 4.74 Å². The van der Waals surface area contributed by atoms with Gasteiger partial charge in [-0.05, 0) is 30.9 Å². The van der Waals surface area contributed by atoms with Crippen molar-refractivity contribution in [2.75, 3.05) is 13.2 Å². The molecule has 0 aliphatic carbocycles. The standard InChI is InChI=1S/C11H16ClN3O/c12-9-1-2-10(14-7-9)11(15-13)8-3-5-16-6-4-8/h1-2,7-8,11,15H,3-6,13H2. The van der Waals surface area contributed by atoms with Crippen molar-refractivity contribution in [3.8, 4) is 0 Å². The van der Waals surface area contributed by atoms with Crippen LogP contribution in [0.2, 0.25) is 5.02 Å². The van der Waals surface area contributed by atoms with Gasteiger partial charge in [-0.25, -0.2) is 0 Å². The van der Waals surface area contributed by atoms with E-state index in [0.29, 0.717) is 10.9 Å². The van der Waals surface area contributed by atoms with Crippen LogP contribution in [0.1, 0.15) is 24.6 Å². The zero-order chi connectivity index (χ0) is 11.4. The summed E-state index contributed by atoms with van der Waals surface area (Å²) in [6.45, 7) is 1.60. The van der Waals surface area contributed by atoms with E-state index in [0.717, 1.165) is 31.7 Å². The minimum Gasteiger partial charge on any atom is -0.381 e. The molecule has 5 heteroatoms. The average Bonchev–Trinajstić information content (AvgIpc) is 2.34. The molecule has 2 rings (SSSR count). The molecule has 1 aromatic heterocycles. The molecule has 2 heterocycles. The molecule has 0 amide bonds. The van der Waals surface area contributed by atoms with Crippen molar-refractivity contribution in [3.63, 3.8) is 0 Å². The van der Waals surface area contributed by atoms with Crippen LogP contribution in [-0.2, 0) is 4.74 Å². The van der Waals surface area contributed by atoms with E-state index in [2.05, 4.69) is 10.4 Å². The van der Waals surface area contributed by atoms with Gasteiger partial charge in [-0.2, -0.15) is 0 Å². The minimum atomic E-state index is 0.0844. The summed E-state index contributed by atoms with van der Waals surface area (Å²) < 4.78 is 5.34. The van der Waals surface area contributed by atoms with Gasteiger partial charge >= 0.3 is 0 Å². The molecule has 1 aliphatic rings. The first-order chi connectivity index (χ1) is 7.81. The highest BCUT2D eigenvalue weighted by molar-refractivity contribution is 6.30. The lowest BCUT2D eigenvalue weighted by atomic mass is 9.90. The Balaban J connectivity index is 2.11. The Labute approximate surface area is 100 Å². The van der Waals surface area contributed by atoms with Crippen LogP contribution in [0.3, 0.4) is 0 Å². The van der Waals surface area contributed by atoms with Gasteiger partial charge < -0.3 is 4.74 Å². The number of hydrogen-bond donors (Lipinski definition) is 2.